The predicted octanol–water partition coefficient (Wildman–Crippen LogP) is 5.61. The minimum atomic E-state index is -0.479. The van der Waals surface area contributed by atoms with Gasteiger partial charge in [0.15, 0.2) is 0 Å². The fraction of sp³-hybridized carbons (Fsp3) is 0.345. The van der Waals surface area contributed by atoms with Crippen LogP contribution in [0.3, 0.4) is 0 Å². The first-order valence-electron chi connectivity index (χ1n) is 12.5. The van der Waals surface area contributed by atoms with Gasteiger partial charge < -0.3 is 15.0 Å². The zero-order valence-electron chi connectivity index (χ0n) is 20.9. The number of H-pyrrole nitrogens is 1. The Hall–Kier alpha value is -3.87. The predicted molar refractivity (Wildman–Crippen MR) is 139 cm³/mol. The van der Waals surface area contributed by atoms with Crippen LogP contribution in [0, 0.1) is 13.8 Å². The van der Waals surface area contributed by atoms with E-state index in [1.54, 1.807) is 31.2 Å². The van der Waals surface area contributed by atoms with Crippen molar-refractivity contribution in [1.82, 2.24) is 10.3 Å². The third-order valence-corrected chi connectivity index (χ3v) is 6.74. The molecule has 7 heteroatoms. The number of carbonyl (C=O) groups excluding carboxylic acids is 3. The number of aromatic amines is 1. The average molecular weight is 488 g/mol. The van der Waals surface area contributed by atoms with Crippen molar-refractivity contribution in [2.24, 2.45) is 0 Å². The average Bonchev–Trinajstić information content (AvgIpc) is 3.17. The Kier molecular flexibility index (Phi) is 8.21. The van der Waals surface area contributed by atoms with Gasteiger partial charge in [-0.05, 0) is 55.5 Å². The van der Waals surface area contributed by atoms with Crippen molar-refractivity contribution < 1.29 is 19.1 Å². The molecule has 4 rings (SSSR count). The highest BCUT2D eigenvalue weighted by Gasteiger charge is 2.28. The summed E-state index contributed by atoms with van der Waals surface area (Å²) in [6, 6.07) is 18.1. The van der Waals surface area contributed by atoms with Gasteiger partial charge in [0, 0.05) is 11.7 Å². The molecule has 0 atom stereocenters. The standard InChI is InChI=1S/C29H33N3O4/c1-20-25(21(2)30-27(20)28(34)36-19-22-12-6-3-7-13-22)18-26(33)32(24-16-10-5-11-17-24)29(35)31-23-14-8-4-9-15-23/h3,5-7,10-13,16-17,23,30H,4,8-9,14-15,18-19H2,1-2H3,(H,31,35). The second-order valence-electron chi connectivity index (χ2n) is 9.32. The van der Waals surface area contributed by atoms with Crippen molar-refractivity contribution in [3.05, 3.63) is 88.7 Å². The minimum absolute atomic E-state index is 0.0207. The zero-order valence-corrected chi connectivity index (χ0v) is 20.9. The van der Waals surface area contributed by atoms with Crippen LogP contribution in [0.4, 0.5) is 10.5 Å². The van der Waals surface area contributed by atoms with Crippen LogP contribution in [0.25, 0.3) is 0 Å². The molecule has 0 aliphatic heterocycles. The summed E-state index contributed by atoms with van der Waals surface area (Å²) in [4.78, 5) is 43.8. The fourth-order valence-electron chi connectivity index (χ4n) is 4.72. The van der Waals surface area contributed by atoms with Gasteiger partial charge in [0.1, 0.15) is 12.3 Å². The molecule has 36 heavy (non-hydrogen) atoms. The van der Waals surface area contributed by atoms with Crippen LogP contribution < -0.4 is 10.2 Å². The number of ether oxygens (including phenoxy) is 1. The number of hydrogen-bond acceptors (Lipinski definition) is 4. The summed E-state index contributed by atoms with van der Waals surface area (Å²) in [7, 11) is 0. The number of nitrogens with one attached hydrogen (secondary N) is 2. The van der Waals surface area contributed by atoms with E-state index in [1.165, 1.54) is 11.3 Å². The quantitative estimate of drug-likeness (QED) is 0.424. The zero-order chi connectivity index (χ0) is 25.5. The van der Waals surface area contributed by atoms with E-state index in [-0.39, 0.29) is 25.0 Å². The van der Waals surface area contributed by atoms with Gasteiger partial charge in [-0.15, -0.1) is 0 Å². The van der Waals surface area contributed by atoms with Crippen LogP contribution in [0.5, 0.6) is 0 Å². The van der Waals surface area contributed by atoms with Crippen LogP contribution in [0.2, 0.25) is 0 Å². The van der Waals surface area contributed by atoms with E-state index in [1.807, 2.05) is 43.3 Å². The Morgan fingerprint density at radius 1 is 0.944 bits per heavy atom. The molecule has 0 unspecified atom stereocenters. The monoisotopic (exact) mass is 487 g/mol. The van der Waals surface area contributed by atoms with Gasteiger partial charge in [-0.1, -0.05) is 67.8 Å². The van der Waals surface area contributed by atoms with Crippen LogP contribution in [-0.4, -0.2) is 28.9 Å². The van der Waals surface area contributed by atoms with Crippen molar-refractivity contribution in [3.63, 3.8) is 0 Å². The largest absolute Gasteiger partial charge is 0.456 e. The van der Waals surface area contributed by atoms with Crippen LogP contribution >= 0.6 is 0 Å². The molecule has 188 valence electrons. The summed E-state index contributed by atoms with van der Waals surface area (Å²) in [6.07, 6.45) is 5.16. The number of urea groups is 1. The SMILES string of the molecule is Cc1[nH]c(C(=O)OCc2ccccc2)c(C)c1CC(=O)N(C(=O)NC1CCCCC1)c1ccccc1. The number of aromatic nitrogens is 1. The number of para-hydroxylation sites is 1. The van der Waals surface area contributed by atoms with E-state index in [2.05, 4.69) is 10.3 Å². The summed E-state index contributed by atoms with van der Waals surface area (Å²) in [5.41, 5.74) is 3.78. The Balaban J connectivity index is 1.50. The van der Waals surface area contributed by atoms with Gasteiger partial charge in [-0.3, -0.25) is 4.79 Å². The van der Waals surface area contributed by atoms with Gasteiger partial charge in [-0.2, -0.15) is 0 Å². The number of aryl methyl sites for hydroxylation is 1. The molecule has 1 heterocycles. The van der Waals surface area contributed by atoms with E-state index in [9.17, 15) is 14.4 Å². The summed E-state index contributed by atoms with van der Waals surface area (Å²) < 4.78 is 5.48. The minimum Gasteiger partial charge on any atom is -0.456 e. The molecule has 1 aliphatic carbocycles. The molecular formula is C29H33N3O4. The van der Waals surface area contributed by atoms with Gasteiger partial charge >= 0.3 is 12.0 Å². The molecule has 1 saturated carbocycles. The van der Waals surface area contributed by atoms with Crippen molar-refractivity contribution in [2.45, 2.75) is 65.0 Å². The summed E-state index contributed by atoms with van der Waals surface area (Å²) in [5, 5.41) is 3.05. The molecule has 1 fully saturated rings. The third-order valence-electron chi connectivity index (χ3n) is 6.74. The number of imide groups is 1. The molecule has 7 nitrogen and oxygen atoms in total. The van der Waals surface area contributed by atoms with Gasteiger partial charge in [0.2, 0.25) is 5.91 Å². The van der Waals surface area contributed by atoms with Gasteiger partial charge in [0.25, 0.3) is 0 Å². The molecule has 1 aromatic heterocycles. The van der Waals surface area contributed by atoms with Crippen LogP contribution in [0.15, 0.2) is 60.7 Å². The molecule has 0 bridgehead atoms. The normalized spacial score (nSPS) is 13.7. The molecule has 1 aliphatic rings. The molecule has 3 amide bonds. The highest BCUT2D eigenvalue weighted by atomic mass is 16.5. The summed E-state index contributed by atoms with van der Waals surface area (Å²) >= 11 is 0. The summed E-state index contributed by atoms with van der Waals surface area (Å²) in [6.45, 7) is 3.77. The van der Waals surface area contributed by atoms with Crippen molar-refractivity contribution in [3.8, 4) is 0 Å². The lowest BCUT2D eigenvalue weighted by Gasteiger charge is -2.27. The topological polar surface area (TPSA) is 91.5 Å². The first-order chi connectivity index (χ1) is 17.4. The third kappa shape index (κ3) is 6.03. The smallest absolute Gasteiger partial charge is 0.355 e. The van der Waals surface area contributed by atoms with Crippen molar-refractivity contribution in [2.75, 3.05) is 4.90 Å². The van der Waals surface area contributed by atoms with Crippen LogP contribution in [0.1, 0.15) is 65.0 Å². The number of benzene rings is 2. The number of carbonyl (C=O) groups is 3. The maximum absolute atomic E-state index is 13.5. The van der Waals surface area contributed by atoms with Gasteiger partial charge in [0.05, 0.1) is 12.1 Å². The van der Waals surface area contributed by atoms with Crippen molar-refractivity contribution >= 4 is 23.6 Å². The molecule has 3 aromatic rings. The Labute approximate surface area is 211 Å². The number of anilines is 1. The molecule has 0 saturated heterocycles. The molecule has 2 aromatic carbocycles. The lowest BCUT2D eigenvalue weighted by atomic mass is 9.96. The maximum atomic E-state index is 13.5. The maximum Gasteiger partial charge on any atom is 0.355 e. The highest BCUT2D eigenvalue weighted by molar-refractivity contribution is 6.15. The van der Waals surface area contributed by atoms with Crippen LogP contribution in [-0.2, 0) is 22.6 Å². The van der Waals surface area contributed by atoms with Gasteiger partial charge in [-0.25, -0.2) is 14.5 Å². The molecule has 2 N–H and O–H groups in total. The lowest BCUT2D eigenvalue weighted by Crippen LogP contribution is -2.49. The molecule has 0 spiro atoms. The summed E-state index contributed by atoms with van der Waals surface area (Å²) in [5.74, 6) is -0.836. The van der Waals surface area contributed by atoms with Crippen molar-refractivity contribution in [1.29, 1.82) is 0 Å². The number of nitrogens with zero attached hydrogens (tertiary/aromatic N) is 1. The molecular weight excluding hydrogens is 454 g/mol. The Bertz CT molecular complexity index is 1200. The second kappa shape index (κ2) is 11.7. The second-order valence-corrected chi connectivity index (χ2v) is 9.32. The highest BCUT2D eigenvalue weighted by Crippen LogP contribution is 2.24. The van der Waals surface area contributed by atoms with E-state index >= 15 is 0 Å². The van der Waals surface area contributed by atoms with E-state index in [0.29, 0.717) is 28.2 Å². The number of esters is 1. The Morgan fingerprint density at radius 3 is 2.25 bits per heavy atom. The first kappa shape index (κ1) is 25.2. The van der Waals surface area contributed by atoms with E-state index < -0.39 is 12.0 Å². The lowest BCUT2D eigenvalue weighted by molar-refractivity contribution is -0.117. The number of amides is 3. The Morgan fingerprint density at radius 2 is 1.58 bits per heavy atom. The molecule has 0 radical (unpaired) electrons. The number of rotatable bonds is 7. The van der Waals surface area contributed by atoms with E-state index in [0.717, 1.165) is 31.2 Å². The van der Waals surface area contributed by atoms with E-state index in [4.69, 9.17) is 4.74 Å². The number of hydrogen-bond donors (Lipinski definition) is 2. The fourth-order valence-corrected chi connectivity index (χ4v) is 4.72. The first-order valence-corrected chi connectivity index (χ1v) is 12.5.